The van der Waals surface area contributed by atoms with Gasteiger partial charge in [-0.3, -0.25) is 0 Å². The zero-order valence-corrected chi connectivity index (χ0v) is 8.76. The summed E-state index contributed by atoms with van der Waals surface area (Å²) >= 11 is 3.69. The summed E-state index contributed by atoms with van der Waals surface area (Å²) in [6.07, 6.45) is 2.61. The van der Waals surface area contributed by atoms with Gasteiger partial charge in [0.1, 0.15) is 0 Å². The minimum absolute atomic E-state index is 0.616. The Morgan fingerprint density at radius 2 is 2.18 bits per heavy atom. The van der Waals surface area contributed by atoms with E-state index in [1.165, 1.54) is 17.9 Å². The Balaban J connectivity index is 2.44. The molecule has 1 heterocycles. The Bertz CT molecular complexity index is 259. The molecular weight excluding hydrogens is 219 g/mol. The van der Waals surface area contributed by atoms with Crippen molar-refractivity contribution in [2.75, 3.05) is 6.16 Å². The molecule has 0 saturated heterocycles. The molecule has 0 aromatic heterocycles. The van der Waals surface area contributed by atoms with Crippen LogP contribution in [0.3, 0.4) is 0 Å². The monoisotopic (exact) mass is 228 g/mol. The molecule has 1 aromatic carbocycles. The molecule has 2 heteroatoms. The predicted molar refractivity (Wildman–Crippen MR) is 55.0 cm³/mol. The molecule has 1 aliphatic heterocycles. The maximum atomic E-state index is 3.69. The van der Waals surface area contributed by atoms with Crippen LogP contribution in [0, 0.1) is 0 Å². The van der Waals surface area contributed by atoms with Gasteiger partial charge in [-0.15, -0.1) is 8.58 Å². The second-order valence-electron chi connectivity index (χ2n) is 2.80. The topological polar surface area (TPSA) is 0 Å². The standard InChI is InChI=1S/C9H10BrP/c10-9-6-11-5-7-3-1-2-4-8(7)9/h1-4,9,11H,5-6H2. The lowest BCUT2D eigenvalue weighted by molar-refractivity contribution is 1.06. The highest BCUT2D eigenvalue weighted by Crippen LogP contribution is 2.39. The summed E-state index contributed by atoms with van der Waals surface area (Å²) in [5.41, 5.74) is 3.05. The average Bonchev–Trinajstić information content (AvgIpc) is 2.06. The highest BCUT2D eigenvalue weighted by molar-refractivity contribution is 9.09. The van der Waals surface area contributed by atoms with Crippen molar-refractivity contribution in [3.63, 3.8) is 0 Å². The Hall–Kier alpha value is 0.130. The molecule has 0 radical (unpaired) electrons. The van der Waals surface area contributed by atoms with Gasteiger partial charge in [-0.1, -0.05) is 40.2 Å². The lowest BCUT2D eigenvalue weighted by Crippen LogP contribution is -2.02. The van der Waals surface area contributed by atoms with Crippen LogP contribution in [0.4, 0.5) is 0 Å². The summed E-state index contributed by atoms with van der Waals surface area (Å²) in [6, 6.07) is 8.74. The maximum Gasteiger partial charge on any atom is 0.0435 e. The van der Waals surface area contributed by atoms with Gasteiger partial charge in [-0.25, -0.2) is 0 Å². The van der Waals surface area contributed by atoms with E-state index in [-0.39, 0.29) is 0 Å². The number of halogens is 1. The summed E-state index contributed by atoms with van der Waals surface area (Å²) in [7, 11) is 1.10. The summed E-state index contributed by atoms with van der Waals surface area (Å²) in [5.74, 6) is 0. The Kier molecular flexibility index (Phi) is 2.29. The molecule has 58 valence electrons. The van der Waals surface area contributed by atoms with E-state index in [0.717, 1.165) is 8.58 Å². The number of hydrogen-bond donors (Lipinski definition) is 0. The SMILES string of the molecule is BrC1CPCc2ccccc21. The van der Waals surface area contributed by atoms with Crippen LogP contribution in [0.1, 0.15) is 16.0 Å². The number of benzene rings is 1. The summed E-state index contributed by atoms with van der Waals surface area (Å²) in [5, 5.41) is 0. The fourth-order valence-electron chi connectivity index (χ4n) is 1.44. The first-order chi connectivity index (χ1) is 5.38. The van der Waals surface area contributed by atoms with E-state index in [9.17, 15) is 0 Å². The third-order valence-corrected chi connectivity index (χ3v) is 4.77. The molecule has 1 aromatic rings. The third-order valence-electron chi connectivity index (χ3n) is 2.03. The first kappa shape index (κ1) is 7.76. The summed E-state index contributed by atoms with van der Waals surface area (Å²) < 4.78 is 0. The van der Waals surface area contributed by atoms with Gasteiger partial charge in [0.2, 0.25) is 0 Å². The molecular formula is C9H10BrP. The van der Waals surface area contributed by atoms with E-state index in [2.05, 4.69) is 40.2 Å². The second kappa shape index (κ2) is 3.25. The fourth-order valence-corrected chi connectivity index (χ4v) is 3.79. The molecule has 0 amide bonds. The normalized spacial score (nSPS) is 25.0. The van der Waals surface area contributed by atoms with Gasteiger partial charge >= 0.3 is 0 Å². The van der Waals surface area contributed by atoms with Crippen LogP contribution in [0.25, 0.3) is 0 Å². The van der Waals surface area contributed by atoms with Crippen molar-refractivity contribution in [1.82, 2.24) is 0 Å². The van der Waals surface area contributed by atoms with Crippen LogP contribution in [0.2, 0.25) is 0 Å². The molecule has 0 spiro atoms. The van der Waals surface area contributed by atoms with E-state index < -0.39 is 0 Å². The maximum absolute atomic E-state index is 3.69. The zero-order chi connectivity index (χ0) is 7.68. The van der Waals surface area contributed by atoms with Gasteiger partial charge < -0.3 is 0 Å². The summed E-state index contributed by atoms with van der Waals surface area (Å²) in [6.45, 7) is 0. The second-order valence-corrected chi connectivity index (χ2v) is 5.16. The van der Waals surface area contributed by atoms with Crippen molar-refractivity contribution < 1.29 is 0 Å². The van der Waals surface area contributed by atoms with E-state index in [1.54, 1.807) is 5.56 Å². The van der Waals surface area contributed by atoms with E-state index >= 15 is 0 Å². The van der Waals surface area contributed by atoms with E-state index in [0.29, 0.717) is 4.83 Å². The molecule has 0 nitrogen and oxygen atoms in total. The van der Waals surface area contributed by atoms with Crippen LogP contribution < -0.4 is 0 Å². The highest BCUT2D eigenvalue weighted by Gasteiger charge is 2.15. The Labute approximate surface area is 77.3 Å². The summed E-state index contributed by atoms with van der Waals surface area (Å²) in [4.78, 5) is 0.616. The number of hydrogen-bond acceptors (Lipinski definition) is 0. The molecule has 1 aliphatic rings. The van der Waals surface area contributed by atoms with Crippen LogP contribution in [-0.4, -0.2) is 6.16 Å². The number of rotatable bonds is 0. The molecule has 2 rings (SSSR count). The molecule has 2 atom stereocenters. The quantitative estimate of drug-likeness (QED) is 0.472. The van der Waals surface area contributed by atoms with Gasteiger partial charge in [-0.05, 0) is 23.5 Å². The molecule has 11 heavy (non-hydrogen) atoms. The third kappa shape index (κ3) is 1.50. The Morgan fingerprint density at radius 3 is 3.00 bits per heavy atom. The lowest BCUT2D eigenvalue weighted by Gasteiger charge is -2.20. The van der Waals surface area contributed by atoms with Gasteiger partial charge in [0.25, 0.3) is 0 Å². The van der Waals surface area contributed by atoms with E-state index in [4.69, 9.17) is 0 Å². The van der Waals surface area contributed by atoms with Crippen molar-refractivity contribution in [2.45, 2.75) is 11.0 Å². The largest absolute Gasteiger partial charge is 0.116 e. The molecule has 2 unspecified atom stereocenters. The molecule has 0 saturated carbocycles. The van der Waals surface area contributed by atoms with Crippen molar-refractivity contribution in [2.24, 2.45) is 0 Å². The zero-order valence-electron chi connectivity index (χ0n) is 6.18. The van der Waals surface area contributed by atoms with Crippen LogP contribution in [-0.2, 0) is 6.16 Å². The minimum Gasteiger partial charge on any atom is -0.116 e. The predicted octanol–water partition coefficient (Wildman–Crippen LogP) is 3.31. The first-order valence-corrected chi connectivity index (χ1v) is 6.13. The van der Waals surface area contributed by atoms with E-state index in [1.807, 2.05) is 0 Å². The van der Waals surface area contributed by atoms with Gasteiger partial charge in [-0.2, -0.15) is 0 Å². The smallest absolute Gasteiger partial charge is 0.0435 e. The highest BCUT2D eigenvalue weighted by atomic mass is 79.9. The van der Waals surface area contributed by atoms with Gasteiger partial charge in [0.15, 0.2) is 0 Å². The Morgan fingerprint density at radius 1 is 1.36 bits per heavy atom. The molecule has 0 N–H and O–H groups in total. The van der Waals surface area contributed by atoms with Crippen molar-refractivity contribution in [3.05, 3.63) is 35.4 Å². The molecule has 0 aliphatic carbocycles. The lowest BCUT2D eigenvalue weighted by atomic mass is 10.1. The van der Waals surface area contributed by atoms with Crippen LogP contribution in [0.5, 0.6) is 0 Å². The van der Waals surface area contributed by atoms with Gasteiger partial charge in [0.05, 0.1) is 0 Å². The van der Waals surface area contributed by atoms with Crippen LogP contribution in [0.15, 0.2) is 24.3 Å². The average molecular weight is 229 g/mol. The van der Waals surface area contributed by atoms with Gasteiger partial charge in [0, 0.05) is 4.83 Å². The minimum atomic E-state index is 0.616. The number of fused-ring (bicyclic) bond motifs is 1. The van der Waals surface area contributed by atoms with Crippen molar-refractivity contribution >= 4 is 24.5 Å². The van der Waals surface area contributed by atoms with Crippen LogP contribution >= 0.6 is 24.5 Å². The fraction of sp³-hybridized carbons (Fsp3) is 0.333. The molecule has 0 bridgehead atoms. The number of alkyl halides is 1. The van der Waals surface area contributed by atoms with Crippen molar-refractivity contribution in [3.8, 4) is 0 Å². The van der Waals surface area contributed by atoms with Crippen molar-refractivity contribution in [1.29, 1.82) is 0 Å². The first-order valence-electron chi connectivity index (χ1n) is 3.80. The molecule has 0 fully saturated rings.